The Morgan fingerprint density at radius 1 is 1.41 bits per heavy atom. The maximum Gasteiger partial charge on any atom is 0.269 e. The minimum atomic E-state index is -0.580. The summed E-state index contributed by atoms with van der Waals surface area (Å²) in [5.41, 5.74) is 3.94. The molecule has 0 saturated carbocycles. The number of phenols is 1. The summed E-state index contributed by atoms with van der Waals surface area (Å²) in [6.45, 7) is 7.12. The number of hydrogen-bond acceptors (Lipinski definition) is 7. The number of hydrazone groups is 1. The largest absolute Gasteiger partial charge is 0.507 e. The Labute approximate surface area is 195 Å². The number of methoxy groups -OCH3 is 1. The fourth-order valence-corrected chi connectivity index (χ4v) is 3.75. The van der Waals surface area contributed by atoms with Gasteiger partial charge in [-0.15, -0.1) is 0 Å². The molecular weight excluding hydrogens is 478 g/mol. The highest BCUT2D eigenvalue weighted by Gasteiger charge is 2.19. The molecule has 1 aromatic heterocycles. The maximum atomic E-state index is 12.7. The van der Waals surface area contributed by atoms with Gasteiger partial charge in [-0.25, -0.2) is 5.43 Å². The highest BCUT2D eigenvalue weighted by molar-refractivity contribution is 9.10. The molecule has 0 radical (unpaired) electrons. The lowest BCUT2D eigenvalue weighted by molar-refractivity contribution is -0.121. The number of hydrogen-bond donors (Lipinski definition) is 2. The number of amides is 1. The molecule has 9 nitrogen and oxygen atoms in total. The number of carbonyl (C=O) groups is 1. The highest BCUT2D eigenvalue weighted by atomic mass is 79.9. The predicted molar refractivity (Wildman–Crippen MR) is 126 cm³/mol. The van der Waals surface area contributed by atoms with Crippen LogP contribution in [0.5, 0.6) is 5.75 Å². The standard InChI is InChI=1S/C22H26BrN5O4/c1-5-27(6-2)16-8-7-15(19(29)9-16)11-25-26-20(30)12-28-14(3)21(23)18(13-32-4)17(10-24)22(28)31/h7-9,11,29H,5-6,12-13H2,1-4H3,(H,26,30)/b25-11+. The normalized spacial score (nSPS) is 10.9. The van der Waals surface area contributed by atoms with Gasteiger partial charge in [-0.1, -0.05) is 0 Å². The van der Waals surface area contributed by atoms with Gasteiger partial charge in [-0.2, -0.15) is 10.4 Å². The van der Waals surface area contributed by atoms with Crippen LogP contribution in [0.3, 0.4) is 0 Å². The van der Waals surface area contributed by atoms with Crippen LogP contribution < -0.4 is 15.9 Å². The smallest absolute Gasteiger partial charge is 0.269 e. The highest BCUT2D eigenvalue weighted by Crippen LogP contribution is 2.24. The van der Waals surface area contributed by atoms with Crippen molar-refractivity contribution in [1.29, 1.82) is 5.26 Å². The Balaban J connectivity index is 2.17. The van der Waals surface area contributed by atoms with Crippen molar-refractivity contribution in [3.8, 4) is 11.8 Å². The van der Waals surface area contributed by atoms with Gasteiger partial charge < -0.3 is 19.3 Å². The predicted octanol–water partition coefficient (Wildman–Crippen LogP) is 2.64. The molecule has 0 atom stereocenters. The number of aromatic nitrogens is 1. The van der Waals surface area contributed by atoms with Crippen LogP contribution in [0.4, 0.5) is 5.69 Å². The Kier molecular flexibility index (Phi) is 8.99. The van der Waals surface area contributed by atoms with Crippen LogP contribution in [-0.2, 0) is 22.7 Å². The second-order valence-electron chi connectivity index (χ2n) is 6.90. The number of nitrogens with one attached hydrogen (secondary N) is 1. The number of ether oxygens (including phenoxy) is 1. The molecule has 1 amide bonds. The van der Waals surface area contributed by atoms with Gasteiger partial charge in [0.25, 0.3) is 11.5 Å². The summed E-state index contributed by atoms with van der Waals surface area (Å²) in [5, 5.41) is 23.5. The van der Waals surface area contributed by atoms with Crippen LogP contribution in [-0.4, -0.2) is 42.0 Å². The molecule has 0 bridgehead atoms. The van der Waals surface area contributed by atoms with Gasteiger partial charge in [0.15, 0.2) is 0 Å². The minimum absolute atomic E-state index is 0.0378. The zero-order valence-corrected chi connectivity index (χ0v) is 20.1. The Bertz CT molecular complexity index is 1120. The molecule has 1 heterocycles. The number of nitriles is 1. The maximum absolute atomic E-state index is 12.7. The van der Waals surface area contributed by atoms with Crippen molar-refractivity contribution in [2.45, 2.75) is 33.9 Å². The lowest BCUT2D eigenvalue weighted by atomic mass is 10.1. The van der Waals surface area contributed by atoms with Gasteiger partial charge in [-0.3, -0.25) is 9.59 Å². The number of halogens is 1. The SMILES string of the molecule is CCN(CC)c1ccc(/C=N/NC(=O)Cn2c(C)c(Br)c(COC)c(C#N)c2=O)c(O)c1. The van der Waals surface area contributed by atoms with Crippen LogP contribution in [0, 0.1) is 18.3 Å². The van der Waals surface area contributed by atoms with E-state index in [2.05, 4.69) is 31.4 Å². The first-order valence-electron chi connectivity index (χ1n) is 9.99. The van der Waals surface area contributed by atoms with Gasteiger partial charge >= 0.3 is 0 Å². The third kappa shape index (κ3) is 5.55. The molecule has 170 valence electrons. The third-order valence-corrected chi connectivity index (χ3v) is 6.04. The molecule has 0 aliphatic carbocycles. The summed E-state index contributed by atoms with van der Waals surface area (Å²) < 4.78 is 6.80. The van der Waals surface area contributed by atoms with E-state index in [1.807, 2.05) is 26.0 Å². The summed E-state index contributed by atoms with van der Waals surface area (Å²) in [4.78, 5) is 27.1. The number of aromatic hydroxyl groups is 1. The molecule has 0 fully saturated rings. The van der Waals surface area contributed by atoms with Crippen molar-refractivity contribution in [2.24, 2.45) is 5.10 Å². The Hall–Kier alpha value is -3.16. The van der Waals surface area contributed by atoms with Gasteiger partial charge in [-0.05, 0) is 48.8 Å². The number of benzene rings is 1. The molecular formula is C22H26BrN5O4. The van der Waals surface area contributed by atoms with Crippen LogP contribution in [0.25, 0.3) is 0 Å². The molecule has 0 spiro atoms. The summed E-state index contributed by atoms with van der Waals surface area (Å²) >= 11 is 3.38. The second-order valence-corrected chi connectivity index (χ2v) is 7.69. The third-order valence-electron chi connectivity index (χ3n) is 4.99. The van der Waals surface area contributed by atoms with Crippen molar-refractivity contribution < 1.29 is 14.6 Å². The zero-order valence-electron chi connectivity index (χ0n) is 18.5. The quantitative estimate of drug-likeness (QED) is 0.400. The van der Waals surface area contributed by atoms with Gasteiger partial charge in [0, 0.05) is 53.2 Å². The molecule has 2 aromatic rings. The van der Waals surface area contributed by atoms with Crippen LogP contribution in [0.2, 0.25) is 0 Å². The minimum Gasteiger partial charge on any atom is -0.507 e. The Morgan fingerprint density at radius 3 is 2.66 bits per heavy atom. The van der Waals surface area contributed by atoms with Gasteiger partial charge in [0.1, 0.15) is 23.9 Å². The number of anilines is 1. The van der Waals surface area contributed by atoms with Gasteiger partial charge in [0.05, 0.1) is 12.8 Å². The first-order valence-corrected chi connectivity index (χ1v) is 10.8. The van der Waals surface area contributed by atoms with Crippen molar-refractivity contribution in [2.75, 3.05) is 25.1 Å². The number of nitrogens with zero attached hydrogens (tertiary/aromatic N) is 4. The number of pyridine rings is 1. The first-order chi connectivity index (χ1) is 15.3. The van der Waals surface area contributed by atoms with Crippen molar-refractivity contribution in [3.05, 3.63) is 55.4 Å². The van der Waals surface area contributed by atoms with Crippen molar-refractivity contribution >= 4 is 33.7 Å². The molecule has 0 aliphatic heterocycles. The van der Waals surface area contributed by atoms with E-state index >= 15 is 0 Å². The molecule has 0 aliphatic rings. The number of rotatable bonds is 9. The van der Waals surface area contributed by atoms with E-state index in [0.717, 1.165) is 18.8 Å². The average molecular weight is 504 g/mol. The summed E-state index contributed by atoms with van der Waals surface area (Å²) in [7, 11) is 1.47. The second kappa shape index (κ2) is 11.5. The van der Waals surface area contributed by atoms with Crippen molar-refractivity contribution in [1.82, 2.24) is 9.99 Å². The van der Waals surface area contributed by atoms with E-state index in [9.17, 15) is 20.0 Å². The van der Waals surface area contributed by atoms with Gasteiger partial charge in [0.2, 0.25) is 0 Å². The molecule has 0 unspecified atom stereocenters. The lowest BCUT2D eigenvalue weighted by Gasteiger charge is -2.21. The number of carbonyl (C=O) groups excluding carboxylic acids is 1. The zero-order chi connectivity index (χ0) is 23.8. The monoisotopic (exact) mass is 503 g/mol. The molecule has 32 heavy (non-hydrogen) atoms. The molecule has 2 rings (SSSR count). The van der Waals surface area contributed by atoms with Crippen LogP contribution in [0.15, 0.2) is 32.6 Å². The van der Waals surface area contributed by atoms with Crippen molar-refractivity contribution in [3.63, 3.8) is 0 Å². The average Bonchev–Trinajstić information content (AvgIpc) is 2.77. The summed E-state index contributed by atoms with van der Waals surface area (Å²) in [6.07, 6.45) is 1.33. The summed E-state index contributed by atoms with van der Waals surface area (Å²) in [5.74, 6) is -0.517. The van der Waals surface area contributed by atoms with E-state index in [0.29, 0.717) is 21.3 Å². The topological polar surface area (TPSA) is 120 Å². The van der Waals surface area contributed by atoms with E-state index in [4.69, 9.17) is 4.74 Å². The van der Waals surface area contributed by atoms with E-state index in [1.165, 1.54) is 17.9 Å². The molecule has 1 aromatic carbocycles. The van der Waals surface area contributed by atoms with E-state index in [-0.39, 0.29) is 24.5 Å². The first kappa shape index (κ1) is 25.1. The van der Waals surface area contributed by atoms with E-state index in [1.54, 1.807) is 19.1 Å². The number of phenolic OH excluding ortho intramolecular Hbond substituents is 1. The van der Waals surface area contributed by atoms with Crippen LogP contribution >= 0.6 is 15.9 Å². The summed E-state index contributed by atoms with van der Waals surface area (Å²) in [6, 6.07) is 7.10. The molecule has 10 heteroatoms. The Morgan fingerprint density at radius 2 is 2.09 bits per heavy atom. The lowest BCUT2D eigenvalue weighted by Crippen LogP contribution is -2.33. The van der Waals surface area contributed by atoms with Crippen LogP contribution in [0.1, 0.15) is 36.2 Å². The molecule has 0 saturated heterocycles. The van der Waals surface area contributed by atoms with E-state index < -0.39 is 11.5 Å². The fourth-order valence-electron chi connectivity index (χ4n) is 3.23. The fraction of sp³-hybridized carbons (Fsp3) is 0.364. The molecule has 2 N–H and O–H groups in total.